The lowest BCUT2D eigenvalue weighted by molar-refractivity contribution is 0.419. The quantitative estimate of drug-likeness (QED) is 0.758. The molecule has 86 valence electrons. The van der Waals surface area contributed by atoms with Gasteiger partial charge in [-0.2, -0.15) is 5.26 Å². The van der Waals surface area contributed by atoms with Crippen LogP contribution in [-0.2, 0) is 0 Å². The van der Waals surface area contributed by atoms with Crippen molar-refractivity contribution < 1.29 is 0 Å². The summed E-state index contributed by atoms with van der Waals surface area (Å²) in [6.07, 6.45) is 0. The molecular weight excluding hydrogens is 196 g/mol. The van der Waals surface area contributed by atoms with Gasteiger partial charge in [0.25, 0.3) is 0 Å². The van der Waals surface area contributed by atoms with Crippen LogP contribution in [0.3, 0.4) is 0 Å². The van der Waals surface area contributed by atoms with Gasteiger partial charge in [-0.1, -0.05) is 26.8 Å². The van der Waals surface area contributed by atoms with E-state index in [1.165, 1.54) is 5.56 Å². The van der Waals surface area contributed by atoms with Crippen LogP contribution in [0.2, 0.25) is 0 Å². The maximum Gasteiger partial charge on any atom is 0.101 e. The Hall–Kier alpha value is -1.49. The zero-order valence-electron chi connectivity index (χ0n) is 10.8. The minimum atomic E-state index is 0.227. The Morgan fingerprint density at radius 2 is 1.94 bits per heavy atom. The SMILES string of the molecule is Cc1ccc(C#N)c(N(C)CC(C)(C)C)c1. The van der Waals surface area contributed by atoms with Gasteiger partial charge in [0, 0.05) is 13.6 Å². The summed E-state index contributed by atoms with van der Waals surface area (Å²) >= 11 is 0. The first-order valence-electron chi connectivity index (χ1n) is 5.55. The molecule has 16 heavy (non-hydrogen) atoms. The fourth-order valence-corrected chi connectivity index (χ4v) is 1.85. The molecule has 0 atom stereocenters. The molecule has 1 rings (SSSR count). The predicted octanol–water partition coefficient (Wildman–Crippen LogP) is 3.35. The second-order valence-corrected chi connectivity index (χ2v) is 5.55. The van der Waals surface area contributed by atoms with Gasteiger partial charge >= 0.3 is 0 Å². The molecular formula is C14H20N2. The maximum atomic E-state index is 9.08. The molecule has 2 nitrogen and oxygen atoms in total. The third kappa shape index (κ3) is 3.27. The molecule has 1 aromatic carbocycles. The lowest BCUT2D eigenvalue weighted by Crippen LogP contribution is -2.29. The summed E-state index contributed by atoms with van der Waals surface area (Å²) in [7, 11) is 2.04. The zero-order chi connectivity index (χ0) is 12.3. The van der Waals surface area contributed by atoms with Gasteiger partial charge in [-0.25, -0.2) is 0 Å². The van der Waals surface area contributed by atoms with Gasteiger partial charge in [0.2, 0.25) is 0 Å². The van der Waals surface area contributed by atoms with E-state index >= 15 is 0 Å². The van der Waals surface area contributed by atoms with Gasteiger partial charge in [-0.05, 0) is 30.0 Å². The topological polar surface area (TPSA) is 27.0 Å². The predicted molar refractivity (Wildman–Crippen MR) is 68.6 cm³/mol. The van der Waals surface area contributed by atoms with E-state index in [9.17, 15) is 0 Å². The summed E-state index contributed by atoms with van der Waals surface area (Å²) in [5, 5.41) is 9.08. The average molecular weight is 216 g/mol. The Labute approximate surface area is 98.5 Å². The zero-order valence-corrected chi connectivity index (χ0v) is 10.8. The summed E-state index contributed by atoms with van der Waals surface area (Å²) < 4.78 is 0. The molecule has 0 heterocycles. The monoisotopic (exact) mass is 216 g/mol. The van der Waals surface area contributed by atoms with Crippen LogP contribution in [0.25, 0.3) is 0 Å². The van der Waals surface area contributed by atoms with Crippen LogP contribution in [0.15, 0.2) is 18.2 Å². The Bertz CT molecular complexity index is 408. The van der Waals surface area contributed by atoms with Crippen molar-refractivity contribution >= 4 is 5.69 Å². The first-order valence-corrected chi connectivity index (χ1v) is 5.55. The first kappa shape index (κ1) is 12.6. The van der Waals surface area contributed by atoms with E-state index in [2.05, 4.69) is 44.7 Å². The van der Waals surface area contributed by atoms with Crippen LogP contribution >= 0.6 is 0 Å². The summed E-state index contributed by atoms with van der Waals surface area (Å²) in [6.45, 7) is 9.59. The van der Waals surface area contributed by atoms with Gasteiger partial charge in [-0.3, -0.25) is 0 Å². The molecule has 0 aromatic heterocycles. The molecule has 0 bridgehead atoms. The van der Waals surface area contributed by atoms with Crippen molar-refractivity contribution in [1.29, 1.82) is 5.26 Å². The van der Waals surface area contributed by atoms with Gasteiger partial charge < -0.3 is 4.90 Å². The Morgan fingerprint density at radius 3 is 2.44 bits per heavy atom. The number of nitrogens with zero attached hydrogens (tertiary/aromatic N) is 2. The van der Waals surface area contributed by atoms with Gasteiger partial charge in [0.05, 0.1) is 11.3 Å². The lowest BCUT2D eigenvalue weighted by Gasteiger charge is -2.29. The van der Waals surface area contributed by atoms with Crippen molar-refractivity contribution in [2.75, 3.05) is 18.5 Å². The molecule has 0 N–H and O–H groups in total. The second-order valence-electron chi connectivity index (χ2n) is 5.55. The van der Waals surface area contributed by atoms with E-state index in [1.807, 2.05) is 19.2 Å². The molecule has 0 aliphatic rings. The molecule has 0 aliphatic heterocycles. The summed E-state index contributed by atoms with van der Waals surface area (Å²) in [5.41, 5.74) is 3.19. The van der Waals surface area contributed by atoms with E-state index < -0.39 is 0 Å². The number of benzene rings is 1. The fraction of sp³-hybridized carbons (Fsp3) is 0.500. The molecule has 2 heteroatoms. The van der Waals surface area contributed by atoms with Crippen molar-refractivity contribution in [2.24, 2.45) is 5.41 Å². The molecule has 0 aliphatic carbocycles. The number of rotatable bonds is 2. The molecule has 1 aromatic rings. The molecule has 0 radical (unpaired) electrons. The van der Waals surface area contributed by atoms with Crippen LogP contribution in [0.4, 0.5) is 5.69 Å². The number of anilines is 1. The van der Waals surface area contributed by atoms with Crippen LogP contribution in [0, 0.1) is 23.7 Å². The molecule has 0 fully saturated rings. The van der Waals surface area contributed by atoms with Crippen molar-refractivity contribution in [2.45, 2.75) is 27.7 Å². The molecule has 0 unspecified atom stereocenters. The third-order valence-corrected chi connectivity index (χ3v) is 2.40. The van der Waals surface area contributed by atoms with Crippen LogP contribution in [0.5, 0.6) is 0 Å². The maximum absolute atomic E-state index is 9.08. The Kier molecular flexibility index (Phi) is 3.59. The molecule has 0 spiro atoms. The molecule has 0 saturated carbocycles. The van der Waals surface area contributed by atoms with E-state index in [-0.39, 0.29) is 5.41 Å². The largest absolute Gasteiger partial charge is 0.373 e. The number of nitriles is 1. The van der Waals surface area contributed by atoms with Gasteiger partial charge in [0.1, 0.15) is 6.07 Å². The van der Waals surface area contributed by atoms with E-state index in [4.69, 9.17) is 5.26 Å². The average Bonchev–Trinajstić information content (AvgIpc) is 2.15. The smallest absolute Gasteiger partial charge is 0.101 e. The highest BCUT2D eigenvalue weighted by molar-refractivity contribution is 5.60. The summed E-state index contributed by atoms with van der Waals surface area (Å²) in [4.78, 5) is 2.16. The standard InChI is InChI=1S/C14H20N2/c1-11-6-7-12(9-15)13(8-11)16(5)10-14(2,3)4/h6-8H,10H2,1-5H3. The van der Waals surface area contributed by atoms with Crippen molar-refractivity contribution in [3.8, 4) is 6.07 Å². The Balaban J connectivity index is 3.03. The highest BCUT2D eigenvalue weighted by Crippen LogP contribution is 2.24. The lowest BCUT2D eigenvalue weighted by atomic mass is 9.95. The third-order valence-electron chi connectivity index (χ3n) is 2.40. The summed E-state index contributed by atoms with van der Waals surface area (Å²) in [6, 6.07) is 8.19. The van der Waals surface area contributed by atoms with E-state index in [0.717, 1.165) is 17.8 Å². The highest BCUT2D eigenvalue weighted by atomic mass is 15.1. The van der Waals surface area contributed by atoms with Crippen LogP contribution in [-0.4, -0.2) is 13.6 Å². The first-order chi connectivity index (χ1) is 7.33. The highest BCUT2D eigenvalue weighted by Gasteiger charge is 2.16. The van der Waals surface area contributed by atoms with E-state index in [1.54, 1.807) is 0 Å². The number of hydrogen-bond donors (Lipinski definition) is 0. The van der Waals surface area contributed by atoms with Crippen LogP contribution in [0.1, 0.15) is 31.9 Å². The molecule has 0 saturated heterocycles. The second kappa shape index (κ2) is 4.57. The normalized spacial score (nSPS) is 11.0. The summed E-state index contributed by atoms with van der Waals surface area (Å²) in [5.74, 6) is 0. The minimum Gasteiger partial charge on any atom is -0.373 e. The van der Waals surface area contributed by atoms with Gasteiger partial charge in [0.15, 0.2) is 0 Å². The number of hydrogen-bond acceptors (Lipinski definition) is 2. The van der Waals surface area contributed by atoms with Crippen molar-refractivity contribution in [3.63, 3.8) is 0 Å². The van der Waals surface area contributed by atoms with Crippen LogP contribution < -0.4 is 4.90 Å². The van der Waals surface area contributed by atoms with Gasteiger partial charge in [-0.15, -0.1) is 0 Å². The minimum absolute atomic E-state index is 0.227. The fourth-order valence-electron chi connectivity index (χ4n) is 1.85. The number of aryl methyl sites for hydroxylation is 1. The van der Waals surface area contributed by atoms with E-state index in [0.29, 0.717) is 0 Å². The molecule has 0 amide bonds. The Morgan fingerprint density at radius 1 is 1.31 bits per heavy atom. The van der Waals surface area contributed by atoms with Crippen molar-refractivity contribution in [1.82, 2.24) is 0 Å². The van der Waals surface area contributed by atoms with Crippen molar-refractivity contribution in [3.05, 3.63) is 29.3 Å².